The Bertz CT molecular complexity index is 376. The Morgan fingerprint density at radius 1 is 1.44 bits per heavy atom. The molecule has 3 heteroatoms. The van der Waals surface area contributed by atoms with Gasteiger partial charge in [0.2, 0.25) is 0 Å². The fourth-order valence-corrected chi connectivity index (χ4v) is 3.07. The number of pyridine rings is 1. The number of aliphatic hydroxyl groups is 1. The van der Waals surface area contributed by atoms with Gasteiger partial charge in [-0.05, 0) is 36.8 Å². The zero-order valence-corrected chi connectivity index (χ0v) is 9.78. The number of aromatic nitrogens is 1. The van der Waals surface area contributed by atoms with E-state index in [-0.39, 0.29) is 23.3 Å². The first kappa shape index (κ1) is 11.5. The lowest BCUT2D eigenvalue weighted by Gasteiger charge is -2.53. The molecule has 88 valence electrons. The summed E-state index contributed by atoms with van der Waals surface area (Å²) < 4.78 is 13.1. The third-order valence-corrected chi connectivity index (χ3v) is 4.26. The van der Waals surface area contributed by atoms with Crippen LogP contribution in [0.15, 0.2) is 18.5 Å². The van der Waals surface area contributed by atoms with Gasteiger partial charge in [-0.3, -0.25) is 4.98 Å². The Hall–Kier alpha value is -0.960. The van der Waals surface area contributed by atoms with Crippen LogP contribution < -0.4 is 0 Å². The summed E-state index contributed by atoms with van der Waals surface area (Å²) in [6.07, 6.45) is 5.26. The highest BCUT2D eigenvalue weighted by Crippen LogP contribution is 2.57. The smallest absolute Gasteiger partial charge is 0.141 e. The lowest BCUT2D eigenvalue weighted by Crippen LogP contribution is -2.50. The van der Waals surface area contributed by atoms with Crippen molar-refractivity contribution in [1.29, 1.82) is 0 Å². The largest absolute Gasteiger partial charge is 0.393 e. The van der Waals surface area contributed by atoms with Crippen LogP contribution in [0.4, 0.5) is 4.39 Å². The maximum atomic E-state index is 13.1. The van der Waals surface area contributed by atoms with Crippen LogP contribution in [0.1, 0.15) is 44.6 Å². The molecule has 2 nitrogen and oxygen atoms in total. The molecule has 1 aliphatic carbocycles. The first-order valence-electron chi connectivity index (χ1n) is 5.92. The van der Waals surface area contributed by atoms with E-state index in [0.717, 1.165) is 24.8 Å². The predicted octanol–water partition coefficient (Wildman–Crippen LogP) is 2.88. The van der Waals surface area contributed by atoms with Gasteiger partial charge in [-0.1, -0.05) is 13.8 Å². The summed E-state index contributed by atoms with van der Waals surface area (Å²) >= 11 is 0. The lowest BCUT2D eigenvalue weighted by atomic mass is 9.53. The Morgan fingerprint density at radius 3 is 2.62 bits per heavy atom. The van der Waals surface area contributed by atoms with Crippen molar-refractivity contribution < 1.29 is 9.50 Å². The highest BCUT2D eigenvalue weighted by molar-refractivity contribution is 5.25. The van der Waals surface area contributed by atoms with Crippen molar-refractivity contribution in [3.63, 3.8) is 0 Å². The van der Waals surface area contributed by atoms with Gasteiger partial charge in [-0.25, -0.2) is 4.39 Å². The van der Waals surface area contributed by atoms with E-state index in [9.17, 15) is 9.50 Å². The molecule has 1 aromatic rings. The molecular weight excluding hydrogens is 205 g/mol. The minimum absolute atomic E-state index is 0.0739. The van der Waals surface area contributed by atoms with Crippen LogP contribution >= 0.6 is 0 Å². The van der Waals surface area contributed by atoms with Crippen LogP contribution in [-0.2, 0) is 0 Å². The fraction of sp³-hybridized carbons (Fsp3) is 0.615. The van der Waals surface area contributed by atoms with Crippen molar-refractivity contribution >= 4 is 0 Å². The van der Waals surface area contributed by atoms with E-state index in [0.29, 0.717) is 0 Å². The maximum Gasteiger partial charge on any atom is 0.141 e. The van der Waals surface area contributed by atoms with Crippen molar-refractivity contribution in [2.75, 3.05) is 0 Å². The average molecular weight is 223 g/mol. The SMILES string of the molecule is CCC1(CC)C(O)CC1c1cncc(F)c1. The summed E-state index contributed by atoms with van der Waals surface area (Å²) in [5.41, 5.74) is 0.851. The van der Waals surface area contributed by atoms with Crippen LogP contribution in [0.25, 0.3) is 0 Å². The highest BCUT2D eigenvalue weighted by Gasteiger charge is 2.52. The predicted molar refractivity (Wildman–Crippen MR) is 60.6 cm³/mol. The number of hydrogen-bond acceptors (Lipinski definition) is 2. The second kappa shape index (κ2) is 4.13. The minimum atomic E-state index is -0.292. The van der Waals surface area contributed by atoms with Crippen molar-refractivity contribution in [1.82, 2.24) is 4.98 Å². The first-order chi connectivity index (χ1) is 7.64. The molecule has 2 rings (SSSR count). The molecule has 0 amide bonds. The molecule has 16 heavy (non-hydrogen) atoms. The van der Waals surface area contributed by atoms with Crippen molar-refractivity contribution in [2.45, 2.75) is 45.1 Å². The summed E-state index contributed by atoms with van der Waals surface area (Å²) in [5, 5.41) is 9.95. The van der Waals surface area contributed by atoms with Gasteiger partial charge in [-0.2, -0.15) is 0 Å². The number of aliphatic hydroxyl groups excluding tert-OH is 1. The number of hydrogen-bond donors (Lipinski definition) is 1. The Morgan fingerprint density at radius 2 is 2.12 bits per heavy atom. The van der Waals surface area contributed by atoms with Crippen LogP contribution in [0, 0.1) is 11.2 Å². The topological polar surface area (TPSA) is 33.1 Å². The molecular formula is C13H18FNO. The van der Waals surface area contributed by atoms with E-state index >= 15 is 0 Å². The monoisotopic (exact) mass is 223 g/mol. The standard InChI is InChI=1S/C13H18FNO/c1-3-13(4-2)11(6-12(13)16)9-5-10(14)8-15-7-9/h5,7-8,11-12,16H,3-4,6H2,1-2H3. The van der Waals surface area contributed by atoms with Crippen LogP contribution in [-0.4, -0.2) is 16.2 Å². The van der Waals surface area contributed by atoms with Crippen LogP contribution in [0.3, 0.4) is 0 Å². The van der Waals surface area contributed by atoms with E-state index in [1.807, 2.05) is 0 Å². The molecule has 1 aliphatic rings. The first-order valence-corrected chi connectivity index (χ1v) is 5.92. The van der Waals surface area contributed by atoms with Gasteiger partial charge < -0.3 is 5.11 Å². The molecule has 0 radical (unpaired) electrons. The molecule has 0 aliphatic heterocycles. The summed E-state index contributed by atoms with van der Waals surface area (Å²) in [5.74, 6) is -0.0410. The fourth-order valence-electron chi connectivity index (χ4n) is 3.07. The molecule has 1 N–H and O–H groups in total. The van der Waals surface area contributed by atoms with Crippen molar-refractivity contribution in [2.24, 2.45) is 5.41 Å². The Kier molecular flexibility index (Phi) is 2.98. The van der Waals surface area contributed by atoms with E-state index < -0.39 is 0 Å². The van der Waals surface area contributed by atoms with Gasteiger partial charge in [0, 0.05) is 11.6 Å². The second-order valence-electron chi connectivity index (χ2n) is 4.68. The van der Waals surface area contributed by atoms with Gasteiger partial charge in [0.15, 0.2) is 0 Å². The quantitative estimate of drug-likeness (QED) is 0.854. The van der Waals surface area contributed by atoms with Crippen molar-refractivity contribution in [3.05, 3.63) is 29.8 Å². The molecule has 2 atom stereocenters. The molecule has 1 aromatic heterocycles. The third kappa shape index (κ3) is 1.54. The molecule has 0 saturated heterocycles. The molecule has 2 unspecified atom stereocenters. The Labute approximate surface area is 95.5 Å². The molecule has 1 heterocycles. The minimum Gasteiger partial charge on any atom is -0.393 e. The number of nitrogens with zero attached hydrogens (tertiary/aromatic N) is 1. The van der Waals surface area contributed by atoms with Gasteiger partial charge in [0.05, 0.1) is 12.3 Å². The van der Waals surface area contributed by atoms with Crippen LogP contribution in [0.5, 0.6) is 0 Å². The second-order valence-corrected chi connectivity index (χ2v) is 4.68. The number of halogens is 1. The van der Waals surface area contributed by atoms with E-state index in [1.54, 1.807) is 12.3 Å². The zero-order chi connectivity index (χ0) is 11.8. The van der Waals surface area contributed by atoms with Gasteiger partial charge >= 0.3 is 0 Å². The van der Waals surface area contributed by atoms with Gasteiger partial charge in [0.1, 0.15) is 5.82 Å². The summed E-state index contributed by atoms with van der Waals surface area (Å²) in [6.45, 7) is 4.18. The molecule has 1 saturated carbocycles. The number of rotatable bonds is 3. The normalized spacial score (nSPS) is 27.5. The zero-order valence-electron chi connectivity index (χ0n) is 9.78. The highest BCUT2D eigenvalue weighted by atomic mass is 19.1. The summed E-state index contributed by atoms with van der Waals surface area (Å²) in [6, 6.07) is 1.55. The molecule has 0 spiro atoms. The van der Waals surface area contributed by atoms with E-state index in [2.05, 4.69) is 18.8 Å². The lowest BCUT2D eigenvalue weighted by molar-refractivity contribution is -0.0933. The maximum absolute atomic E-state index is 13.1. The molecule has 1 fully saturated rings. The molecule has 0 bridgehead atoms. The van der Waals surface area contributed by atoms with Crippen molar-refractivity contribution in [3.8, 4) is 0 Å². The Balaban J connectivity index is 2.29. The van der Waals surface area contributed by atoms with E-state index in [1.165, 1.54) is 6.20 Å². The van der Waals surface area contributed by atoms with Gasteiger partial charge in [0.25, 0.3) is 0 Å². The third-order valence-electron chi connectivity index (χ3n) is 4.26. The summed E-state index contributed by atoms with van der Waals surface area (Å²) in [7, 11) is 0. The molecule has 0 aromatic carbocycles. The van der Waals surface area contributed by atoms with Crippen LogP contribution in [0.2, 0.25) is 0 Å². The average Bonchev–Trinajstić information content (AvgIpc) is 2.27. The summed E-state index contributed by atoms with van der Waals surface area (Å²) in [4.78, 5) is 3.89. The van der Waals surface area contributed by atoms with Gasteiger partial charge in [-0.15, -0.1) is 0 Å². The van der Waals surface area contributed by atoms with E-state index in [4.69, 9.17) is 0 Å².